The van der Waals surface area contributed by atoms with Crippen molar-refractivity contribution >= 4 is 15.9 Å². The molecule has 0 aromatic heterocycles. The SMILES string of the molecule is FC(F)(F)CCCOCC(CBr)c1ccccc1. The summed E-state index contributed by atoms with van der Waals surface area (Å²) in [6.07, 6.45) is -4.85. The van der Waals surface area contributed by atoms with Crippen molar-refractivity contribution in [3.8, 4) is 0 Å². The lowest BCUT2D eigenvalue weighted by Gasteiger charge is -2.15. The molecule has 0 saturated heterocycles. The number of rotatable bonds is 7. The summed E-state index contributed by atoms with van der Waals surface area (Å²) in [5.41, 5.74) is 1.13. The van der Waals surface area contributed by atoms with Crippen LogP contribution in [0.3, 0.4) is 0 Å². The van der Waals surface area contributed by atoms with Crippen LogP contribution in [-0.4, -0.2) is 24.7 Å². The second-order valence-corrected chi connectivity index (χ2v) is 4.70. The zero-order chi connectivity index (χ0) is 13.4. The Kier molecular flexibility index (Phi) is 6.71. The second-order valence-electron chi connectivity index (χ2n) is 4.06. The summed E-state index contributed by atoms with van der Waals surface area (Å²) < 4.78 is 41.0. The Bertz CT molecular complexity index is 327. The Labute approximate surface area is 113 Å². The van der Waals surface area contributed by atoms with Crippen molar-refractivity contribution in [3.05, 3.63) is 35.9 Å². The van der Waals surface area contributed by atoms with Gasteiger partial charge in [0.15, 0.2) is 0 Å². The van der Waals surface area contributed by atoms with E-state index in [0.29, 0.717) is 6.61 Å². The molecule has 1 rings (SSSR count). The first-order valence-corrected chi connectivity index (χ1v) is 6.90. The van der Waals surface area contributed by atoms with Gasteiger partial charge in [-0.05, 0) is 12.0 Å². The molecule has 1 unspecified atom stereocenters. The molecule has 0 N–H and O–H groups in total. The highest BCUT2D eigenvalue weighted by Crippen LogP contribution is 2.22. The first-order valence-electron chi connectivity index (χ1n) is 5.78. The number of ether oxygens (including phenoxy) is 1. The molecular weight excluding hydrogens is 309 g/mol. The van der Waals surface area contributed by atoms with Gasteiger partial charge >= 0.3 is 6.18 Å². The number of hydrogen-bond donors (Lipinski definition) is 0. The molecule has 0 heterocycles. The van der Waals surface area contributed by atoms with Crippen LogP contribution in [0.1, 0.15) is 24.3 Å². The zero-order valence-corrected chi connectivity index (χ0v) is 11.5. The van der Waals surface area contributed by atoms with Crippen molar-refractivity contribution in [1.29, 1.82) is 0 Å². The maximum absolute atomic E-state index is 11.9. The van der Waals surface area contributed by atoms with Gasteiger partial charge in [-0.3, -0.25) is 0 Å². The van der Waals surface area contributed by atoms with Gasteiger partial charge in [-0.15, -0.1) is 0 Å². The minimum atomic E-state index is -4.09. The van der Waals surface area contributed by atoms with Gasteiger partial charge in [-0.2, -0.15) is 13.2 Å². The van der Waals surface area contributed by atoms with Crippen molar-refractivity contribution in [3.63, 3.8) is 0 Å². The van der Waals surface area contributed by atoms with Crippen LogP contribution in [0, 0.1) is 0 Å². The molecule has 0 spiro atoms. The topological polar surface area (TPSA) is 9.23 Å². The van der Waals surface area contributed by atoms with Crippen molar-refractivity contribution in [2.45, 2.75) is 24.9 Å². The highest BCUT2D eigenvalue weighted by Gasteiger charge is 2.26. The van der Waals surface area contributed by atoms with Gasteiger partial charge in [0.1, 0.15) is 0 Å². The summed E-state index contributed by atoms with van der Waals surface area (Å²) in [5.74, 6) is 0.178. The fraction of sp³-hybridized carbons (Fsp3) is 0.538. The van der Waals surface area contributed by atoms with Crippen LogP contribution < -0.4 is 0 Å². The van der Waals surface area contributed by atoms with Gasteiger partial charge in [-0.1, -0.05) is 46.3 Å². The lowest BCUT2D eigenvalue weighted by Crippen LogP contribution is -2.12. The molecule has 18 heavy (non-hydrogen) atoms. The van der Waals surface area contributed by atoms with Crippen LogP contribution in [0.25, 0.3) is 0 Å². The van der Waals surface area contributed by atoms with E-state index < -0.39 is 12.6 Å². The van der Waals surface area contributed by atoms with Gasteiger partial charge in [0.25, 0.3) is 0 Å². The smallest absolute Gasteiger partial charge is 0.381 e. The minimum Gasteiger partial charge on any atom is -0.381 e. The summed E-state index contributed by atoms with van der Waals surface area (Å²) >= 11 is 3.39. The number of halogens is 4. The molecule has 102 valence electrons. The van der Waals surface area contributed by atoms with Crippen molar-refractivity contribution in [1.82, 2.24) is 0 Å². The van der Waals surface area contributed by atoms with Crippen LogP contribution in [0.4, 0.5) is 13.2 Å². The molecule has 0 fully saturated rings. The molecule has 1 nitrogen and oxygen atoms in total. The fourth-order valence-corrected chi connectivity index (χ4v) is 2.12. The van der Waals surface area contributed by atoms with E-state index in [2.05, 4.69) is 15.9 Å². The van der Waals surface area contributed by atoms with Gasteiger partial charge in [0.2, 0.25) is 0 Å². The van der Waals surface area contributed by atoms with Crippen LogP contribution in [-0.2, 0) is 4.74 Å². The quantitative estimate of drug-likeness (QED) is 0.529. The maximum Gasteiger partial charge on any atom is 0.389 e. The monoisotopic (exact) mass is 324 g/mol. The highest BCUT2D eigenvalue weighted by molar-refractivity contribution is 9.09. The summed E-state index contributed by atoms with van der Waals surface area (Å²) in [6.45, 7) is 0.586. The molecule has 5 heteroatoms. The van der Waals surface area contributed by atoms with Gasteiger partial charge < -0.3 is 4.74 Å². The fourth-order valence-electron chi connectivity index (χ4n) is 1.56. The van der Waals surface area contributed by atoms with E-state index in [1.807, 2.05) is 30.3 Å². The van der Waals surface area contributed by atoms with Gasteiger partial charge in [0.05, 0.1) is 6.61 Å². The van der Waals surface area contributed by atoms with Crippen molar-refractivity contribution in [2.75, 3.05) is 18.5 Å². The standard InChI is InChI=1S/C13H16BrF3O/c14-9-12(11-5-2-1-3-6-11)10-18-8-4-7-13(15,16)17/h1-3,5-6,12H,4,7-10H2. The summed E-state index contributed by atoms with van der Waals surface area (Å²) in [6, 6.07) is 9.79. The average molecular weight is 325 g/mol. The maximum atomic E-state index is 11.9. The predicted molar refractivity (Wildman–Crippen MR) is 69.1 cm³/mol. The third-order valence-corrected chi connectivity index (χ3v) is 3.31. The summed E-state index contributed by atoms with van der Waals surface area (Å²) in [4.78, 5) is 0. The molecule has 0 bridgehead atoms. The van der Waals surface area contributed by atoms with Crippen LogP contribution in [0.5, 0.6) is 0 Å². The Balaban J connectivity index is 2.25. The van der Waals surface area contributed by atoms with E-state index in [9.17, 15) is 13.2 Å². The molecule has 0 aliphatic carbocycles. The van der Waals surface area contributed by atoms with Gasteiger partial charge in [-0.25, -0.2) is 0 Å². The lowest BCUT2D eigenvalue weighted by atomic mass is 10.0. The van der Waals surface area contributed by atoms with E-state index in [0.717, 1.165) is 10.9 Å². The normalized spacial score (nSPS) is 13.6. The highest BCUT2D eigenvalue weighted by atomic mass is 79.9. The minimum absolute atomic E-state index is 0.0211. The van der Waals surface area contributed by atoms with E-state index in [1.54, 1.807) is 0 Å². The number of benzene rings is 1. The van der Waals surface area contributed by atoms with Gasteiger partial charge in [0, 0.05) is 24.3 Å². The van der Waals surface area contributed by atoms with E-state index >= 15 is 0 Å². The third-order valence-electron chi connectivity index (χ3n) is 2.53. The molecule has 0 aliphatic rings. The van der Waals surface area contributed by atoms with Crippen molar-refractivity contribution in [2.24, 2.45) is 0 Å². The Morgan fingerprint density at radius 3 is 2.39 bits per heavy atom. The van der Waals surface area contributed by atoms with E-state index in [1.165, 1.54) is 0 Å². The third kappa shape index (κ3) is 6.40. The van der Waals surface area contributed by atoms with Crippen LogP contribution in [0.15, 0.2) is 30.3 Å². The molecule has 1 aromatic carbocycles. The summed E-state index contributed by atoms with van der Waals surface area (Å²) in [7, 11) is 0. The molecule has 0 saturated carbocycles. The average Bonchev–Trinajstić information content (AvgIpc) is 2.33. The molecule has 0 amide bonds. The van der Waals surface area contributed by atoms with E-state index in [4.69, 9.17) is 4.74 Å². The molecule has 1 aromatic rings. The lowest BCUT2D eigenvalue weighted by molar-refractivity contribution is -0.137. The van der Waals surface area contributed by atoms with Crippen LogP contribution >= 0.6 is 15.9 Å². The largest absolute Gasteiger partial charge is 0.389 e. The predicted octanol–water partition coefficient (Wildman–Crippen LogP) is 4.52. The first-order chi connectivity index (χ1) is 8.53. The number of alkyl halides is 4. The zero-order valence-electron chi connectivity index (χ0n) is 9.92. The molecule has 0 aliphatic heterocycles. The number of hydrogen-bond acceptors (Lipinski definition) is 1. The Morgan fingerprint density at radius 1 is 1.17 bits per heavy atom. The first kappa shape index (κ1) is 15.5. The van der Waals surface area contributed by atoms with Crippen LogP contribution in [0.2, 0.25) is 0 Å². The Hall–Kier alpha value is -0.550. The molecule has 1 atom stereocenters. The second kappa shape index (κ2) is 7.79. The molecule has 0 radical (unpaired) electrons. The Morgan fingerprint density at radius 2 is 1.83 bits per heavy atom. The molecular formula is C13H16BrF3O. The summed E-state index contributed by atoms with van der Waals surface area (Å²) in [5, 5.41) is 0.732. The van der Waals surface area contributed by atoms with Crippen molar-refractivity contribution < 1.29 is 17.9 Å². The van der Waals surface area contributed by atoms with E-state index in [-0.39, 0.29) is 18.9 Å².